The molecule has 2 amide bonds. The van der Waals surface area contributed by atoms with Gasteiger partial charge in [-0.3, -0.25) is 9.59 Å². The average Bonchev–Trinajstić information content (AvgIpc) is 2.65. The smallest absolute Gasteiger partial charge is 0.239 e. The first-order chi connectivity index (χ1) is 12.2. The maximum atomic E-state index is 12.5. The molecule has 2 aliphatic rings. The van der Waals surface area contributed by atoms with Crippen molar-refractivity contribution in [3.8, 4) is 0 Å². The number of para-hydroxylation sites is 2. The van der Waals surface area contributed by atoms with Gasteiger partial charge in [0.25, 0.3) is 0 Å². The molecular weight excluding hydrogens is 334 g/mol. The summed E-state index contributed by atoms with van der Waals surface area (Å²) in [7, 11) is 0. The number of carbonyl (C=O) groups excluding carboxylic acids is 2. The first-order valence-corrected chi connectivity index (χ1v) is 9.22. The predicted octanol–water partition coefficient (Wildman–Crippen LogP) is 2.64. The lowest BCUT2D eigenvalue weighted by Crippen LogP contribution is -2.50. The Morgan fingerprint density at radius 2 is 1.68 bits per heavy atom. The third kappa shape index (κ3) is 3.22. The van der Waals surface area contributed by atoms with Crippen molar-refractivity contribution in [2.75, 3.05) is 31.1 Å². The van der Waals surface area contributed by atoms with Gasteiger partial charge in [0.1, 0.15) is 0 Å². The molecule has 128 valence electrons. The van der Waals surface area contributed by atoms with E-state index in [0.717, 1.165) is 11.4 Å². The predicted molar refractivity (Wildman–Crippen MR) is 98.2 cm³/mol. The van der Waals surface area contributed by atoms with Crippen LogP contribution in [0.2, 0.25) is 0 Å². The van der Waals surface area contributed by atoms with Gasteiger partial charge in [-0.1, -0.05) is 36.0 Å². The lowest BCUT2D eigenvalue weighted by atomic mass is 10.2. The second-order valence-electron chi connectivity index (χ2n) is 6.10. The highest BCUT2D eigenvalue weighted by molar-refractivity contribution is 7.99. The zero-order valence-corrected chi connectivity index (χ0v) is 14.6. The number of carbonyl (C=O) groups is 2. The Balaban J connectivity index is 1.54. The fourth-order valence-corrected chi connectivity index (χ4v) is 4.33. The average molecular weight is 353 g/mol. The molecule has 0 bridgehead atoms. The van der Waals surface area contributed by atoms with Crippen molar-refractivity contribution >= 4 is 35.0 Å². The lowest BCUT2D eigenvalue weighted by Gasteiger charge is -2.33. The third-order valence-corrected chi connectivity index (χ3v) is 5.60. The maximum Gasteiger partial charge on any atom is 0.239 e. The normalized spacial score (nSPS) is 16.1. The van der Waals surface area contributed by atoms with Gasteiger partial charge in [-0.2, -0.15) is 0 Å². The van der Waals surface area contributed by atoms with E-state index in [0.29, 0.717) is 26.1 Å². The summed E-state index contributed by atoms with van der Waals surface area (Å²) < 4.78 is 0. The molecule has 25 heavy (non-hydrogen) atoms. The van der Waals surface area contributed by atoms with E-state index in [2.05, 4.69) is 34.5 Å². The molecule has 5 nitrogen and oxygen atoms in total. The number of amides is 2. The molecule has 2 aromatic rings. The van der Waals surface area contributed by atoms with Crippen LogP contribution < -0.4 is 10.2 Å². The topological polar surface area (TPSA) is 52.7 Å². The molecule has 1 N–H and O–H groups in total. The van der Waals surface area contributed by atoms with E-state index in [1.54, 1.807) is 16.7 Å². The van der Waals surface area contributed by atoms with Crippen molar-refractivity contribution < 1.29 is 9.59 Å². The summed E-state index contributed by atoms with van der Waals surface area (Å²) in [4.78, 5) is 30.3. The summed E-state index contributed by atoms with van der Waals surface area (Å²) in [6.45, 7) is 1.90. The Hall–Kier alpha value is -2.47. The number of benzene rings is 2. The van der Waals surface area contributed by atoms with Gasteiger partial charge in [-0.15, -0.1) is 0 Å². The number of rotatable bonds is 3. The van der Waals surface area contributed by atoms with E-state index in [1.165, 1.54) is 9.79 Å². The Labute approximate surface area is 151 Å². The van der Waals surface area contributed by atoms with Crippen LogP contribution in [0.5, 0.6) is 0 Å². The Bertz CT molecular complexity index is 778. The molecule has 6 heteroatoms. The Morgan fingerprint density at radius 3 is 2.32 bits per heavy atom. The van der Waals surface area contributed by atoms with Gasteiger partial charge < -0.3 is 15.1 Å². The van der Waals surface area contributed by atoms with Gasteiger partial charge in [0.05, 0.1) is 17.9 Å². The van der Waals surface area contributed by atoms with Gasteiger partial charge in [0.15, 0.2) is 0 Å². The highest BCUT2D eigenvalue weighted by Crippen LogP contribution is 2.47. The summed E-state index contributed by atoms with van der Waals surface area (Å²) in [5.41, 5.74) is 2.27. The molecule has 0 saturated carbocycles. The minimum atomic E-state index is -0.0790. The van der Waals surface area contributed by atoms with Crippen LogP contribution in [0, 0.1) is 0 Å². The number of anilines is 2. The Kier molecular flexibility index (Phi) is 4.36. The highest BCUT2D eigenvalue weighted by atomic mass is 32.2. The molecular formula is C19H19N3O2S. The fourth-order valence-electron chi connectivity index (χ4n) is 3.24. The Morgan fingerprint density at radius 1 is 1.04 bits per heavy atom. The number of nitrogens with zero attached hydrogens (tertiary/aromatic N) is 2. The zero-order chi connectivity index (χ0) is 17.2. The van der Waals surface area contributed by atoms with E-state index < -0.39 is 0 Å². The number of nitrogens with one attached hydrogen (secondary N) is 1. The van der Waals surface area contributed by atoms with Gasteiger partial charge >= 0.3 is 0 Å². The van der Waals surface area contributed by atoms with E-state index in [1.807, 2.05) is 24.3 Å². The standard InChI is InChI=1S/C19H19N3O2S/c23-18-13-21(12-10-20-18)19(24)9-11-22-14-5-1-3-7-16(14)25-17-8-4-2-6-15(17)22/h1-8H,9-13H2,(H,20,23). The third-order valence-electron chi connectivity index (χ3n) is 4.47. The van der Waals surface area contributed by atoms with Crippen LogP contribution in [0.15, 0.2) is 58.3 Å². The molecule has 0 aromatic heterocycles. The molecule has 0 atom stereocenters. The van der Waals surface area contributed by atoms with Crippen LogP contribution in [0.1, 0.15) is 6.42 Å². The minimum absolute atomic E-state index is 0.0306. The molecule has 4 rings (SSSR count). The van der Waals surface area contributed by atoms with Gasteiger partial charge in [-0.05, 0) is 24.3 Å². The lowest BCUT2D eigenvalue weighted by molar-refractivity contribution is -0.138. The second kappa shape index (κ2) is 6.80. The quantitative estimate of drug-likeness (QED) is 0.922. The van der Waals surface area contributed by atoms with Crippen LogP contribution in [-0.2, 0) is 9.59 Å². The molecule has 0 spiro atoms. The molecule has 2 aromatic carbocycles. The van der Waals surface area contributed by atoms with Crippen molar-refractivity contribution in [1.82, 2.24) is 10.2 Å². The van der Waals surface area contributed by atoms with Crippen molar-refractivity contribution in [3.05, 3.63) is 48.5 Å². The number of hydrogen-bond donors (Lipinski definition) is 1. The summed E-state index contributed by atoms with van der Waals surface area (Å²) in [6, 6.07) is 16.5. The van der Waals surface area contributed by atoms with Crippen LogP contribution >= 0.6 is 11.8 Å². The number of fused-ring (bicyclic) bond motifs is 2. The van der Waals surface area contributed by atoms with Crippen LogP contribution in [0.4, 0.5) is 11.4 Å². The highest BCUT2D eigenvalue weighted by Gasteiger charge is 2.25. The minimum Gasteiger partial charge on any atom is -0.353 e. The first-order valence-electron chi connectivity index (χ1n) is 8.40. The van der Waals surface area contributed by atoms with E-state index in [4.69, 9.17) is 0 Å². The monoisotopic (exact) mass is 353 g/mol. The second-order valence-corrected chi connectivity index (χ2v) is 7.19. The van der Waals surface area contributed by atoms with Gasteiger partial charge in [0, 0.05) is 35.8 Å². The van der Waals surface area contributed by atoms with Crippen LogP contribution in [0.25, 0.3) is 0 Å². The molecule has 1 fully saturated rings. The van der Waals surface area contributed by atoms with E-state index >= 15 is 0 Å². The molecule has 0 aliphatic carbocycles. The zero-order valence-electron chi connectivity index (χ0n) is 13.8. The fraction of sp³-hybridized carbons (Fsp3) is 0.263. The largest absolute Gasteiger partial charge is 0.353 e. The molecule has 2 aliphatic heterocycles. The van der Waals surface area contributed by atoms with E-state index in [9.17, 15) is 9.59 Å². The van der Waals surface area contributed by atoms with Crippen molar-refractivity contribution in [2.24, 2.45) is 0 Å². The van der Waals surface area contributed by atoms with Crippen molar-refractivity contribution in [1.29, 1.82) is 0 Å². The molecule has 0 radical (unpaired) electrons. The van der Waals surface area contributed by atoms with Crippen LogP contribution in [0.3, 0.4) is 0 Å². The SMILES string of the molecule is O=C1CN(C(=O)CCN2c3ccccc3Sc3ccccc32)CCN1. The maximum absolute atomic E-state index is 12.5. The summed E-state index contributed by atoms with van der Waals surface area (Å²) in [5.74, 6) is -0.0484. The number of hydrogen-bond acceptors (Lipinski definition) is 4. The van der Waals surface area contributed by atoms with Crippen molar-refractivity contribution in [3.63, 3.8) is 0 Å². The van der Waals surface area contributed by atoms with Crippen LogP contribution in [-0.4, -0.2) is 42.9 Å². The molecule has 0 unspecified atom stereocenters. The van der Waals surface area contributed by atoms with Gasteiger partial charge in [-0.25, -0.2) is 0 Å². The van der Waals surface area contributed by atoms with Gasteiger partial charge in [0.2, 0.25) is 11.8 Å². The summed E-state index contributed by atoms with van der Waals surface area (Å²) in [5, 5.41) is 2.75. The van der Waals surface area contributed by atoms with Crippen molar-refractivity contribution in [2.45, 2.75) is 16.2 Å². The molecule has 2 heterocycles. The summed E-state index contributed by atoms with van der Waals surface area (Å²) in [6.07, 6.45) is 0.389. The van der Waals surface area contributed by atoms with E-state index in [-0.39, 0.29) is 18.4 Å². The number of piperazine rings is 1. The summed E-state index contributed by atoms with van der Waals surface area (Å²) >= 11 is 1.76. The first kappa shape index (κ1) is 16.0. The molecule has 1 saturated heterocycles.